The third-order valence-corrected chi connectivity index (χ3v) is 4.11. The highest BCUT2D eigenvalue weighted by molar-refractivity contribution is 5.84. The van der Waals surface area contributed by atoms with Crippen LogP contribution in [0.1, 0.15) is 38.7 Å². The monoisotopic (exact) mass is 271 g/mol. The quantitative estimate of drug-likeness (QED) is 0.844. The van der Waals surface area contributed by atoms with Gasteiger partial charge in [-0.25, -0.2) is 0 Å². The fourth-order valence-corrected chi connectivity index (χ4v) is 2.82. The summed E-state index contributed by atoms with van der Waals surface area (Å²) in [7, 11) is 1.71. The van der Waals surface area contributed by atoms with E-state index in [1.165, 1.54) is 16.3 Å². The summed E-state index contributed by atoms with van der Waals surface area (Å²) in [5, 5.41) is 6.09. The lowest BCUT2D eigenvalue weighted by atomic mass is 9.90. The maximum atomic E-state index is 5.28. The Morgan fingerprint density at radius 1 is 1.05 bits per heavy atom. The van der Waals surface area contributed by atoms with E-state index in [-0.39, 0.29) is 0 Å². The van der Waals surface area contributed by atoms with Crippen molar-refractivity contribution in [2.45, 2.75) is 39.2 Å². The van der Waals surface area contributed by atoms with Gasteiger partial charge in [0.05, 0.1) is 7.11 Å². The Hall–Kier alpha value is -1.54. The van der Waals surface area contributed by atoms with Crippen molar-refractivity contribution in [2.75, 3.05) is 13.7 Å². The number of ether oxygens (including phenoxy) is 1. The van der Waals surface area contributed by atoms with Gasteiger partial charge in [0.25, 0.3) is 0 Å². The van der Waals surface area contributed by atoms with Crippen molar-refractivity contribution in [3.8, 4) is 5.75 Å². The zero-order valence-corrected chi connectivity index (χ0v) is 12.9. The molecule has 2 unspecified atom stereocenters. The molecule has 2 nitrogen and oxygen atoms in total. The van der Waals surface area contributed by atoms with Crippen LogP contribution in [0.2, 0.25) is 0 Å². The predicted molar refractivity (Wildman–Crippen MR) is 86.7 cm³/mol. The molecule has 0 amide bonds. The first-order valence-electron chi connectivity index (χ1n) is 7.50. The molecule has 108 valence electrons. The van der Waals surface area contributed by atoms with Gasteiger partial charge in [-0.15, -0.1) is 0 Å². The molecule has 0 fully saturated rings. The van der Waals surface area contributed by atoms with E-state index in [1.54, 1.807) is 7.11 Å². The van der Waals surface area contributed by atoms with Crippen LogP contribution in [-0.4, -0.2) is 19.7 Å². The number of methoxy groups -OCH3 is 1. The SMILES string of the molecule is CCNC(CC)C(C)c1ccc2cc(OC)ccc2c1. The van der Waals surface area contributed by atoms with E-state index < -0.39 is 0 Å². The summed E-state index contributed by atoms with van der Waals surface area (Å²) in [6.45, 7) is 7.74. The van der Waals surface area contributed by atoms with Gasteiger partial charge in [0, 0.05) is 6.04 Å². The fourth-order valence-electron chi connectivity index (χ4n) is 2.82. The maximum Gasteiger partial charge on any atom is 0.119 e. The molecule has 0 spiro atoms. The van der Waals surface area contributed by atoms with Gasteiger partial charge >= 0.3 is 0 Å². The van der Waals surface area contributed by atoms with Gasteiger partial charge in [-0.1, -0.05) is 45.0 Å². The highest BCUT2D eigenvalue weighted by Crippen LogP contribution is 2.27. The number of nitrogens with one attached hydrogen (secondary N) is 1. The summed E-state index contributed by atoms with van der Waals surface area (Å²) < 4.78 is 5.28. The Bertz CT molecular complexity index is 564. The summed E-state index contributed by atoms with van der Waals surface area (Å²) in [6, 6.07) is 13.5. The number of hydrogen-bond acceptors (Lipinski definition) is 2. The zero-order chi connectivity index (χ0) is 14.5. The number of hydrogen-bond donors (Lipinski definition) is 1. The minimum atomic E-state index is 0.520. The molecule has 2 rings (SSSR count). The highest BCUT2D eigenvalue weighted by Gasteiger charge is 2.16. The van der Waals surface area contributed by atoms with Gasteiger partial charge in [0.15, 0.2) is 0 Å². The molecule has 0 bridgehead atoms. The zero-order valence-electron chi connectivity index (χ0n) is 12.9. The maximum absolute atomic E-state index is 5.28. The Morgan fingerprint density at radius 3 is 2.40 bits per heavy atom. The van der Waals surface area contributed by atoms with Crippen LogP contribution in [0.3, 0.4) is 0 Å². The predicted octanol–water partition coefficient (Wildman–Crippen LogP) is 4.34. The number of likely N-dealkylation sites (N-methyl/N-ethyl adjacent to an activating group) is 1. The van der Waals surface area contributed by atoms with Crippen molar-refractivity contribution in [3.63, 3.8) is 0 Å². The van der Waals surface area contributed by atoms with E-state index in [0.29, 0.717) is 12.0 Å². The topological polar surface area (TPSA) is 21.3 Å². The van der Waals surface area contributed by atoms with E-state index in [2.05, 4.69) is 56.4 Å². The first-order chi connectivity index (χ1) is 9.69. The van der Waals surface area contributed by atoms with Crippen LogP contribution in [0.25, 0.3) is 10.8 Å². The second-order valence-corrected chi connectivity index (χ2v) is 5.33. The average molecular weight is 271 g/mol. The fraction of sp³-hybridized carbons (Fsp3) is 0.444. The standard InChI is InChI=1S/C18H25NO/c1-5-18(19-6-2)13(3)14-7-8-16-12-17(20-4)10-9-15(16)11-14/h7-13,18-19H,5-6H2,1-4H3. The number of fused-ring (bicyclic) bond motifs is 1. The molecule has 0 radical (unpaired) electrons. The molecule has 0 aliphatic rings. The molecule has 20 heavy (non-hydrogen) atoms. The molecule has 0 aromatic heterocycles. The molecular formula is C18H25NO. The molecule has 2 heteroatoms. The van der Waals surface area contributed by atoms with Gasteiger partial charge in [-0.3, -0.25) is 0 Å². The van der Waals surface area contributed by atoms with Crippen molar-refractivity contribution in [1.29, 1.82) is 0 Å². The van der Waals surface area contributed by atoms with Gasteiger partial charge in [-0.05, 0) is 47.4 Å². The lowest BCUT2D eigenvalue weighted by Crippen LogP contribution is -2.32. The smallest absolute Gasteiger partial charge is 0.119 e. The van der Waals surface area contributed by atoms with Gasteiger partial charge in [0.2, 0.25) is 0 Å². The van der Waals surface area contributed by atoms with Crippen LogP contribution in [0.15, 0.2) is 36.4 Å². The number of rotatable bonds is 6. The van der Waals surface area contributed by atoms with Crippen LogP contribution in [0.4, 0.5) is 0 Å². The minimum absolute atomic E-state index is 0.520. The Labute approximate surface area is 122 Å². The minimum Gasteiger partial charge on any atom is -0.497 e. The summed E-state index contributed by atoms with van der Waals surface area (Å²) in [4.78, 5) is 0. The third-order valence-electron chi connectivity index (χ3n) is 4.11. The largest absolute Gasteiger partial charge is 0.497 e. The molecule has 2 aromatic carbocycles. The highest BCUT2D eigenvalue weighted by atomic mass is 16.5. The van der Waals surface area contributed by atoms with E-state index in [4.69, 9.17) is 4.74 Å². The average Bonchev–Trinajstić information content (AvgIpc) is 2.50. The first kappa shape index (κ1) is 14.9. The van der Waals surface area contributed by atoms with Crippen LogP contribution in [0.5, 0.6) is 5.75 Å². The van der Waals surface area contributed by atoms with Gasteiger partial charge < -0.3 is 10.1 Å². The molecule has 0 aliphatic carbocycles. The first-order valence-corrected chi connectivity index (χ1v) is 7.50. The summed E-state index contributed by atoms with van der Waals surface area (Å²) in [6.07, 6.45) is 1.15. The Kier molecular flexibility index (Phi) is 5.02. The lowest BCUT2D eigenvalue weighted by Gasteiger charge is -2.24. The Morgan fingerprint density at radius 2 is 1.75 bits per heavy atom. The van der Waals surface area contributed by atoms with Crippen LogP contribution in [0, 0.1) is 0 Å². The van der Waals surface area contributed by atoms with Crippen LogP contribution in [-0.2, 0) is 0 Å². The van der Waals surface area contributed by atoms with Crippen molar-refractivity contribution in [3.05, 3.63) is 42.0 Å². The van der Waals surface area contributed by atoms with Crippen LogP contribution >= 0.6 is 0 Å². The summed E-state index contributed by atoms with van der Waals surface area (Å²) in [5.74, 6) is 1.43. The summed E-state index contributed by atoms with van der Waals surface area (Å²) in [5.41, 5.74) is 1.40. The molecule has 0 aliphatic heterocycles. The molecule has 1 N–H and O–H groups in total. The lowest BCUT2D eigenvalue weighted by molar-refractivity contribution is 0.415. The second-order valence-electron chi connectivity index (χ2n) is 5.33. The molecule has 2 atom stereocenters. The van der Waals surface area contributed by atoms with E-state index in [1.807, 2.05) is 6.07 Å². The molecule has 0 saturated carbocycles. The summed E-state index contributed by atoms with van der Waals surface area (Å²) >= 11 is 0. The number of benzene rings is 2. The van der Waals surface area contributed by atoms with Crippen molar-refractivity contribution in [1.82, 2.24) is 5.32 Å². The van der Waals surface area contributed by atoms with E-state index in [0.717, 1.165) is 18.7 Å². The normalized spacial score (nSPS) is 14.2. The van der Waals surface area contributed by atoms with Gasteiger partial charge in [0.1, 0.15) is 5.75 Å². The van der Waals surface area contributed by atoms with Gasteiger partial charge in [-0.2, -0.15) is 0 Å². The van der Waals surface area contributed by atoms with Crippen LogP contribution < -0.4 is 10.1 Å². The van der Waals surface area contributed by atoms with Crippen molar-refractivity contribution in [2.24, 2.45) is 0 Å². The Balaban J connectivity index is 2.31. The van der Waals surface area contributed by atoms with Crippen molar-refractivity contribution >= 4 is 10.8 Å². The van der Waals surface area contributed by atoms with E-state index in [9.17, 15) is 0 Å². The molecule has 2 aromatic rings. The molecule has 0 saturated heterocycles. The van der Waals surface area contributed by atoms with E-state index >= 15 is 0 Å². The second kappa shape index (κ2) is 6.76. The molecular weight excluding hydrogens is 246 g/mol. The third kappa shape index (κ3) is 3.13. The van der Waals surface area contributed by atoms with Crippen molar-refractivity contribution < 1.29 is 4.74 Å². The molecule has 0 heterocycles.